The number of para-hydroxylation sites is 3. The summed E-state index contributed by atoms with van der Waals surface area (Å²) in [6.07, 6.45) is 1.91. The van der Waals surface area contributed by atoms with Crippen molar-refractivity contribution in [3.63, 3.8) is 0 Å². The van der Waals surface area contributed by atoms with Crippen LogP contribution < -0.4 is 0 Å². The van der Waals surface area contributed by atoms with Crippen molar-refractivity contribution in [2.45, 2.75) is 0 Å². The smallest absolute Gasteiger partial charge is 0.0541 e. The van der Waals surface area contributed by atoms with E-state index in [4.69, 9.17) is 0 Å². The molecule has 6 aromatic carbocycles. The minimum Gasteiger partial charge on any atom is -0.309 e. The molecule has 0 saturated carbocycles. The summed E-state index contributed by atoms with van der Waals surface area (Å²) in [7, 11) is 0. The summed E-state index contributed by atoms with van der Waals surface area (Å²) in [5, 5.41) is 5.07. The second kappa shape index (κ2) is 8.86. The maximum Gasteiger partial charge on any atom is 0.0541 e. The molecule has 2 heteroatoms. The van der Waals surface area contributed by atoms with Gasteiger partial charge in [0.1, 0.15) is 0 Å². The maximum absolute atomic E-state index is 3.96. The van der Waals surface area contributed by atoms with Crippen molar-refractivity contribution in [2.75, 3.05) is 0 Å². The summed E-state index contributed by atoms with van der Waals surface area (Å²) in [5.74, 6) is 0. The van der Waals surface area contributed by atoms with E-state index >= 15 is 0 Å². The number of rotatable bonds is 4. The van der Waals surface area contributed by atoms with E-state index in [1.165, 1.54) is 60.4 Å². The lowest BCUT2D eigenvalue weighted by Crippen LogP contribution is -1.94. The van der Waals surface area contributed by atoms with Gasteiger partial charge in [0.05, 0.1) is 22.1 Å². The molecule has 2 nitrogen and oxygen atoms in total. The van der Waals surface area contributed by atoms with E-state index in [9.17, 15) is 0 Å². The van der Waals surface area contributed by atoms with Gasteiger partial charge in [0.15, 0.2) is 0 Å². The van der Waals surface area contributed by atoms with Gasteiger partial charge in [0.2, 0.25) is 0 Å². The van der Waals surface area contributed by atoms with Gasteiger partial charge < -0.3 is 9.13 Å². The molecular formula is C38H26N2. The van der Waals surface area contributed by atoms with Gasteiger partial charge in [-0.1, -0.05) is 97.6 Å². The second-order valence-corrected chi connectivity index (χ2v) is 10.3. The zero-order valence-electron chi connectivity index (χ0n) is 22.0. The van der Waals surface area contributed by atoms with Crippen LogP contribution in [0.4, 0.5) is 0 Å². The van der Waals surface area contributed by atoms with Crippen LogP contribution in [0.2, 0.25) is 0 Å². The molecule has 0 amide bonds. The molecule has 0 fully saturated rings. The van der Waals surface area contributed by atoms with Crippen molar-refractivity contribution in [1.82, 2.24) is 9.13 Å². The summed E-state index contributed by atoms with van der Waals surface area (Å²) >= 11 is 0. The maximum atomic E-state index is 3.96. The fourth-order valence-corrected chi connectivity index (χ4v) is 6.20. The van der Waals surface area contributed by atoms with Gasteiger partial charge in [0.25, 0.3) is 0 Å². The number of fused-ring (bicyclic) bond motifs is 6. The van der Waals surface area contributed by atoms with Crippen LogP contribution in [0.15, 0.2) is 146 Å². The second-order valence-electron chi connectivity index (χ2n) is 10.3. The third-order valence-electron chi connectivity index (χ3n) is 8.10. The van der Waals surface area contributed by atoms with Crippen molar-refractivity contribution in [1.29, 1.82) is 0 Å². The van der Waals surface area contributed by atoms with Crippen molar-refractivity contribution in [3.05, 3.63) is 152 Å². The molecule has 0 aliphatic rings. The van der Waals surface area contributed by atoms with Crippen LogP contribution in [0, 0.1) is 0 Å². The number of hydrogen-bond acceptors (Lipinski definition) is 0. The first-order valence-corrected chi connectivity index (χ1v) is 13.7. The van der Waals surface area contributed by atoms with Crippen molar-refractivity contribution in [2.24, 2.45) is 0 Å². The lowest BCUT2D eigenvalue weighted by molar-refractivity contribution is 1.18. The van der Waals surface area contributed by atoms with Crippen LogP contribution >= 0.6 is 0 Å². The average Bonchev–Trinajstić information content (AvgIpc) is 3.54. The normalized spacial score (nSPS) is 11.6. The molecule has 8 rings (SSSR count). The van der Waals surface area contributed by atoms with Crippen LogP contribution in [0.25, 0.3) is 72.2 Å². The van der Waals surface area contributed by atoms with Crippen LogP contribution in [0.1, 0.15) is 5.56 Å². The summed E-state index contributed by atoms with van der Waals surface area (Å²) in [5.41, 5.74) is 10.7. The molecule has 0 aliphatic heterocycles. The molecule has 8 aromatic rings. The van der Waals surface area contributed by atoms with Crippen LogP contribution in [-0.4, -0.2) is 9.13 Å². The zero-order valence-corrected chi connectivity index (χ0v) is 22.0. The third kappa shape index (κ3) is 3.36. The highest BCUT2D eigenvalue weighted by Gasteiger charge is 2.13. The first-order chi connectivity index (χ1) is 19.8. The van der Waals surface area contributed by atoms with Gasteiger partial charge in [-0.15, -0.1) is 0 Å². The summed E-state index contributed by atoms with van der Waals surface area (Å²) < 4.78 is 4.71. The molecule has 0 N–H and O–H groups in total. The fourth-order valence-electron chi connectivity index (χ4n) is 6.20. The van der Waals surface area contributed by atoms with Crippen LogP contribution in [-0.2, 0) is 0 Å². The minimum atomic E-state index is 1.13. The predicted octanol–water partition coefficient (Wildman–Crippen LogP) is 10.2. The molecule has 2 aromatic heterocycles. The monoisotopic (exact) mass is 510 g/mol. The summed E-state index contributed by atoms with van der Waals surface area (Å²) in [6, 6.07) is 50.3. The molecule has 0 atom stereocenters. The van der Waals surface area contributed by atoms with E-state index in [0.29, 0.717) is 0 Å². The molecule has 2 heterocycles. The van der Waals surface area contributed by atoms with Gasteiger partial charge in [-0.25, -0.2) is 0 Å². The summed E-state index contributed by atoms with van der Waals surface area (Å²) in [6.45, 7) is 3.96. The van der Waals surface area contributed by atoms with E-state index in [1.54, 1.807) is 0 Å². The number of hydrogen-bond donors (Lipinski definition) is 0. The third-order valence-corrected chi connectivity index (χ3v) is 8.10. The Morgan fingerprint density at radius 2 is 0.800 bits per heavy atom. The fraction of sp³-hybridized carbons (Fsp3) is 0. The van der Waals surface area contributed by atoms with Gasteiger partial charge in [-0.2, -0.15) is 0 Å². The lowest BCUT2D eigenvalue weighted by atomic mass is 10.0. The van der Waals surface area contributed by atoms with Gasteiger partial charge >= 0.3 is 0 Å². The average molecular weight is 511 g/mol. The Morgan fingerprint density at radius 1 is 0.400 bits per heavy atom. The van der Waals surface area contributed by atoms with Crippen molar-refractivity contribution >= 4 is 49.7 Å². The molecule has 0 spiro atoms. The highest BCUT2D eigenvalue weighted by Crippen LogP contribution is 2.35. The molecule has 0 bridgehead atoms. The highest BCUT2D eigenvalue weighted by molar-refractivity contribution is 6.10. The Bertz CT molecular complexity index is 2150. The van der Waals surface area contributed by atoms with Gasteiger partial charge in [0, 0.05) is 32.9 Å². The quantitative estimate of drug-likeness (QED) is 0.223. The predicted molar refractivity (Wildman–Crippen MR) is 171 cm³/mol. The van der Waals surface area contributed by atoms with E-state index in [2.05, 4.69) is 155 Å². The van der Waals surface area contributed by atoms with Crippen LogP contribution in [0.5, 0.6) is 0 Å². The first kappa shape index (κ1) is 22.6. The molecule has 188 valence electrons. The minimum absolute atomic E-state index is 1.13. The van der Waals surface area contributed by atoms with Crippen LogP contribution in [0.3, 0.4) is 0 Å². The molecule has 0 saturated heterocycles. The standard InChI is InChI=1S/C38H26N2/c1-2-26-15-24-38-34(25-26)33-11-5-8-14-37(33)40(38)30-22-18-28(19-23-30)27-16-20-29(21-17-27)39-35-12-6-3-9-31(35)32-10-4-7-13-36(32)39/h2-25H,1H2. The Balaban J connectivity index is 1.19. The van der Waals surface area contributed by atoms with E-state index in [0.717, 1.165) is 11.3 Å². The Kier molecular flexibility index (Phi) is 5.01. The van der Waals surface area contributed by atoms with Gasteiger partial charge in [-0.3, -0.25) is 0 Å². The number of benzene rings is 6. The van der Waals surface area contributed by atoms with E-state index in [-0.39, 0.29) is 0 Å². The number of aromatic nitrogens is 2. The largest absolute Gasteiger partial charge is 0.309 e. The molecule has 40 heavy (non-hydrogen) atoms. The molecule has 0 aliphatic carbocycles. The van der Waals surface area contributed by atoms with Crippen molar-refractivity contribution < 1.29 is 0 Å². The van der Waals surface area contributed by atoms with E-state index in [1.807, 2.05) is 6.08 Å². The topological polar surface area (TPSA) is 9.86 Å². The number of nitrogens with zero attached hydrogens (tertiary/aromatic N) is 2. The summed E-state index contributed by atoms with van der Waals surface area (Å²) in [4.78, 5) is 0. The lowest BCUT2D eigenvalue weighted by Gasteiger charge is -2.11. The molecule has 0 unspecified atom stereocenters. The van der Waals surface area contributed by atoms with Crippen molar-refractivity contribution in [3.8, 4) is 22.5 Å². The Hall–Kier alpha value is -5.34. The Morgan fingerprint density at radius 3 is 1.25 bits per heavy atom. The SMILES string of the molecule is C=Cc1ccc2c(c1)c1ccccc1n2-c1ccc(-c2ccc(-n3c4ccccc4c4ccccc43)cc2)cc1. The molecule has 0 radical (unpaired) electrons. The first-order valence-electron chi connectivity index (χ1n) is 13.7. The molecular weight excluding hydrogens is 484 g/mol. The zero-order chi connectivity index (χ0) is 26.6. The Labute approximate surface area is 232 Å². The van der Waals surface area contributed by atoms with E-state index < -0.39 is 0 Å². The highest BCUT2D eigenvalue weighted by atomic mass is 15.0. The van der Waals surface area contributed by atoms with Gasteiger partial charge in [-0.05, 0) is 71.3 Å².